The van der Waals surface area contributed by atoms with E-state index in [1.165, 1.54) is 18.3 Å². The lowest BCUT2D eigenvalue weighted by atomic mass is 10.2. The largest absolute Gasteiger partial charge is 0.460 e. The number of aryl methyl sites for hydroxylation is 1. The highest BCUT2D eigenvalue weighted by Gasteiger charge is 2.42. The topological polar surface area (TPSA) is 52.3 Å². The van der Waals surface area contributed by atoms with Crippen molar-refractivity contribution in [2.45, 2.75) is 20.0 Å². The van der Waals surface area contributed by atoms with Gasteiger partial charge in [-0.2, -0.15) is 24.5 Å². The van der Waals surface area contributed by atoms with Crippen LogP contribution in [0.4, 0.5) is 13.2 Å². The fourth-order valence-electron chi connectivity index (χ4n) is 1.54. The Morgan fingerprint density at radius 2 is 2.15 bits per heavy atom. The summed E-state index contributed by atoms with van der Waals surface area (Å²) in [4.78, 5) is 14.9. The van der Waals surface area contributed by atoms with Crippen LogP contribution in [0.2, 0.25) is 0 Å². The average Bonchev–Trinajstić information content (AvgIpc) is 2.94. The Labute approximate surface area is 116 Å². The van der Waals surface area contributed by atoms with Crippen LogP contribution in [0.5, 0.6) is 0 Å². The predicted octanol–water partition coefficient (Wildman–Crippen LogP) is 3.91. The summed E-state index contributed by atoms with van der Waals surface area (Å²) >= 11 is 1.30. The van der Waals surface area contributed by atoms with E-state index in [1.54, 1.807) is 17.7 Å². The summed E-state index contributed by atoms with van der Waals surface area (Å²) in [6, 6.07) is 0. The van der Waals surface area contributed by atoms with Crippen LogP contribution in [0.15, 0.2) is 15.2 Å². The van der Waals surface area contributed by atoms with Crippen LogP contribution in [-0.4, -0.2) is 17.6 Å². The summed E-state index contributed by atoms with van der Waals surface area (Å²) in [7, 11) is 0. The number of halogens is 3. The molecule has 2 aromatic heterocycles. The minimum atomic E-state index is -4.78. The first kappa shape index (κ1) is 14.6. The Bertz CT molecular complexity index is 630. The van der Waals surface area contributed by atoms with Crippen LogP contribution < -0.4 is 0 Å². The summed E-state index contributed by atoms with van der Waals surface area (Å²) in [5.41, 5.74) is -0.215. The Morgan fingerprint density at radius 1 is 1.45 bits per heavy atom. The molecule has 0 aliphatic heterocycles. The molecular weight excluding hydrogens is 295 g/mol. The van der Waals surface area contributed by atoms with Crippen LogP contribution in [0.1, 0.15) is 28.7 Å². The van der Waals surface area contributed by atoms with Gasteiger partial charge in [0.05, 0.1) is 12.2 Å². The maximum Gasteiger partial charge on any atom is 0.437 e. The Morgan fingerprint density at radius 3 is 2.65 bits per heavy atom. The molecule has 0 unspecified atom stereocenters. The van der Waals surface area contributed by atoms with Gasteiger partial charge in [-0.1, -0.05) is 0 Å². The number of nitrogens with zero attached hydrogens (tertiary/aromatic N) is 1. The molecule has 0 aliphatic rings. The standard InChI is InChI=1S/C12H10F3NO3S/c1-3-18-11(17)8-9(12(13,14)15)16-10(19-8)7-5-20-4-6(7)2/h4-5H,3H2,1-2H3. The molecule has 0 aliphatic carbocycles. The third-order valence-electron chi connectivity index (χ3n) is 2.44. The zero-order valence-electron chi connectivity index (χ0n) is 10.6. The van der Waals surface area contributed by atoms with Gasteiger partial charge in [0.15, 0.2) is 5.69 Å². The second-order valence-corrected chi connectivity index (χ2v) is 4.63. The SMILES string of the molecule is CCOC(=O)c1oc(-c2cscc2C)nc1C(F)(F)F. The van der Waals surface area contributed by atoms with Crippen molar-refractivity contribution in [3.8, 4) is 11.5 Å². The Balaban J connectivity index is 2.53. The maximum absolute atomic E-state index is 12.9. The minimum absolute atomic E-state index is 0.0519. The van der Waals surface area contributed by atoms with E-state index in [0.717, 1.165) is 5.56 Å². The molecule has 0 fully saturated rings. The van der Waals surface area contributed by atoms with Gasteiger partial charge in [-0.15, -0.1) is 0 Å². The molecule has 2 rings (SSSR count). The van der Waals surface area contributed by atoms with E-state index < -0.39 is 23.6 Å². The molecular formula is C12H10F3NO3S. The summed E-state index contributed by atoms with van der Waals surface area (Å²) in [6.07, 6.45) is -4.78. The quantitative estimate of drug-likeness (QED) is 0.807. The van der Waals surface area contributed by atoms with Gasteiger partial charge in [-0.05, 0) is 24.8 Å². The van der Waals surface area contributed by atoms with Gasteiger partial charge in [-0.25, -0.2) is 9.78 Å². The Hall–Kier alpha value is -1.83. The van der Waals surface area contributed by atoms with Gasteiger partial charge in [0, 0.05) is 5.38 Å². The number of carbonyl (C=O) groups excluding carboxylic acids is 1. The van der Waals surface area contributed by atoms with Gasteiger partial charge < -0.3 is 9.15 Å². The van der Waals surface area contributed by atoms with E-state index in [1.807, 2.05) is 0 Å². The molecule has 0 amide bonds. The van der Waals surface area contributed by atoms with Crippen molar-refractivity contribution < 1.29 is 27.1 Å². The second-order valence-electron chi connectivity index (χ2n) is 3.88. The average molecular weight is 305 g/mol. The predicted molar refractivity (Wildman–Crippen MR) is 65.5 cm³/mol. The number of carbonyl (C=O) groups is 1. The van der Waals surface area contributed by atoms with Gasteiger partial charge in [0.2, 0.25) is 11.7 Å². The van der Waals surface area contributed by atoms with Crippen LogP contribution in [0.3, 0.4) is 0 Å². The first-order valence-corrected chi connectivity index (χ1v) is 6.57. The lowest BCUT2D eigenvalue weighted by Crippen LogP contribution is -2.14. The highest BCUT2D eigenvalue weighted by molar-refractivity contribution is 7.08. The molecule has 0 radical (unpaired) electrons. The molecule has 0 bridgehead atoms. The van der Waals surface area contributed by atoms with Crippen LogP contribution in [0, 0.1) is 6.92 Å². The number of oxazole rings is 1. The van der Waals surface area contributed by atoms with Crippen LogP contribution in [-0.2, 0) is 10.9 Å². The van der Waals surface area contributed by atoms with E-state index in [-0.39, 0.29) is 12.5 Å². The van der Waals surface area contributed by atoms with Crippen molar-refractivity contribution in [1.29, 1.82) is 0 Å². The van der Waals surface area contributed by atoms with Gasteiger partial charge in [0.1, 0.15) is 0 Å². The molecule has 2 aromatic rings. The van der Waals surface area contributed by atoms with Crippen molar-refractivity contribution in [2.75, 3.05) is 6.61 Å². The van der Waals surface area contributed by atoms with Gasteiger partial charge in [-0.3, -0.25) is 0 Å². The van der Waals surface area contributed by atoms with Crippen molar-refractivity contribution >= 4 is 17.3 Å². The first-order valence-electron chi connectivity index (χ1n) is 5.63. The number of alkyl halides is 3. The highest BCUT2D eigenvalue weighted by Crippen LogP contribution is 2.36. The summed E-state index contributed by atoms with van der Waals surface area (Å²) in [5.74, 6) is -2.33. The molecule has 0 N–H and O–H groups in total. The van der Waals surface area contributed by atoms with Gasteiger partial charge in [0.25, 0.3) is 0 Å². The molecule has 0 saturated heterocycles. The molecule has 4 nitrogen and oxygen atoms in total. The smallest absolute Gasteiger partial charge is 0.437 e. The number of aromatic nitrogens is 1. The molecule has 0 spiro atoms. The van der Waals surface area contributed by atoms with Crippen LogP contribution >= 0.6 is 11.3 Å². The number of thiophene rings is 1. The zero-order valence-corrected chi connectivity index (χ0v) is 11.4. The number of rotatable bonds is 3. The van der Waals surface area contributed by atoms with E-state index in [0.29, 0.717) is 5.56 Å². The molecule has 2 heterocycles. The summed E-state index contributed by atoms with van der Waals surface area (Å²) in [5, 5.41) is 3.35. The zero-order chi connectivity index (χ0) is 14.9. The van der Waals surface area contributed by atoms with Crippen molar-refractivity contribution in [3.63, 3.8) is 0 Å². The number of esters is 1. The maximum atomic E-state index is 12.9. The van der Waals surface area contributed by atoms with E-state index in [4.69, 9.17) is 4.42 Å². The number of hydrogen-bond acceptors (Lipinski definition) is 5. The molecule has 0 saturated carbocycles. The number of ether oxygens (including phenoxy) is 1. The lowest BCUT2D eigenvalue weighted by Gasteiger charge is -2.03. The molecule has 0 aromatic carbocycles. The van der Waals surface area contributed by atoms with Crippen molar-refractivity contribution in [2.24, 2.45) is 0 Å². The normalized spacial score (nSPS) is 11.7. The Kier molecular flexibility index (Phi) is 3.85. The van der Waals surface area contributed by atoms with E-state index in [2.05, 4.69) is 9.72 Å². The molecule has 8 heteroatoms. The fourth-order valence-corrected chi connectivity index (χ4v) is 2.36. The third kappa shape index (κ3) is 2.69. The van der Waals surface area contributed by atoms with E-state index >= 15 is 0 Å². The van der Waals surface area contributed by atoms with Crippen molar-refractivity contribution in [1.82, 2.24) is 4.98 Å². The highest BCUT2D eigenvalue weighted by atomic mass is 32.1. The first-order chi connectivity index (χ1) is 9.34. The molecule has 108 valence electrons. The lowest BCUT2D eigenvalue weighted by molar-refractivity contribution is -0.141. The minimum Gasteiger partial charge on any atom is -0.460 e. The summed E-state index contributed by atoms with van der Waals surface area (Å²) in [6.45, 7) is 3.16. The van der Waals surface area contributed by atoms with Gasteiger partial charge >= 0.3 is 12.1 Å². The fraction of sp³-hybridized carbons (Fsp3) is 0.333. The molecule has 0 atom stereocenters. The second kappa shape index (κ2) is 5.28. The third-order valence-corrected chi connectivity index (χ3v) is 3.30. The van der Waals surface area contributed by atoms with Crippen molar-refractivity contribution in [3.05, 3.63) is 27.8 Å². The molecule has 20 heavy (non-hydrogen) atoms. The summed E-state index contributed by atoms with van der Waals surface area (Å²) < 4.78 is 48.2. The monoisotopic (exact) mass is 305 g/mol. The van der Waals surface area contributed by atoms with Crippen LogP contribution in [0.25, 0.3) is 11.5 Å². The number of hydrogen-bond donors (Lipinski definition) is 0. The van der Waals surface area contributed by atoms with E-state index in [9.17, 15) is 18.0 Å².